The van der Waals surface area contributed by atoms with Gasteiger partial charge >= 0.3 is 0 Å². The quantitative estimate of drug-likeness (QED) is 0.617. The van der Waals surface area contributed by atoms with E-state index in [2.05, 4.69) is 0 Å². The average Bonchev–Trinajstić information content (AvgIpc) is 2.50. The third kappa shape index (κ3) is 3.62. The summed E-state index contributed by atoms with van der Waals surface area (Å²) in [5.74, 6) is -3.53. The number of hydrogen-bond acceptors (Lipinski definition) is 2. The molecule has 0 N–H and O–H groups in total. The van der Waals surface area contributed by atoms with Crippen molar-refractivity contribution in [3.63, 3.8) is 0 Å². The first-order valence-electron chi connectivity index (χ1n) is 6.32. The molecule has 0 fully saturated rings. The van der Waals surface area contributed by atoms with E-state index in [1.807, 2.05) is 0 Å². The number of halogens is 3. The van der Waals surface area contributed by atoms with Gasteiger partial charge in [-0.15, -0.1) is 0 Å². The summed E-state index contributed by atoms with van der Waals surface area (Å²) in [6.07, 6.45) is 0.218. The maximum absolute atomic E-state index is 13.1. The molecule has 2 rings (SSSR count). The van der Waals surface area contributed by atoms with Gasteiger partial charge in [-0.25, -0.2) is 13.2 Å². The Hall–Kier alpha value is -2.30. The van der Waals surface area contributed by atoms with E-state index in [9.17, 15) is 18.0 Å². The zero-order chi connectivity index (χ0) is 15.4. The topological polar surface area (TPSA) is 26.3 Å². The summed E-state index contributed by atoms with van der Waals surface area (Å²) in [4.78, 5) is 12.0. The van der Waals surface area contributed by atoms with Crippen LogP contribution >= 0.6 is 0 Å². The maximum atomic E-state index is 13.1. The third-order valence-electron chi connectivity index (χ3n) is 3.10. The van der Waals surface area contributed by atoms with Crippen LogP contribution in [0.5, 0.6) is 5.75 Å². The van der Waals surface area contributed by atoms with Gasteiger partial charge in [0.05, 0.1) is 7.11 Å². The molecule has 0 aromatic heterocycles. The van der Waals surface area contributed by atoms with Crippen LogP contribution in [0.15, 0.2) is 36.4 Å². The fourth-order valence-corrected chi connectivity index (χ4v) is 1.93. The molecule has 0 aliphatic rings. The van der Waals surface area contributed by atoms with Gasteiger partial charge in [-0.05, 0) is 48.4 Å². The SMILES string of the molecule is COc1ccc(C(=O)CCc2cc(F)c(F)c(F)c2)cc1. The molecule has 21 heavy (non-hydrogen) atoms. The van der Waals surface area contributed by atoms with E-state index in [0.717, 1.165) is 12.1 Å². The van der Waals surface area contributed by atoms with Gasteiger partial charge in [-0.2, -0.15) is 0 Å². The van der Waals surface area contributed by atoms with Crippen LogP contribution in [0.1, 0.15) is 22.3 Å². The van der Waals surface area contributed by atoms with Crippen LogP contribution in [0.2, 0.25) is 0 Å². The second-order valence-corrected chi connectivity index (χ2v) is 4.53. The second kappa shape index (κ2) is 6.43. The van der Waals surface area contributed by atoms with Crippen LogP contribution in [0.25, 0.3) is 0 Å². The predicted octanol–water partition coefficient (Wildman–Crippen LogP) is 3.93. The molecule has 5 heteroatoms. The van der Waals surface area contributed by atoms with E-state index >= 15 is 0 Å². The molecule has 0 spiro atoms. The predicted molar refractivity (Wildman–Crippen MR) is 72.0 cm³/mol. The number of hydrogen-bond donors (Lipinski definition) is 0. The highest BCUT2D eigenvalue weighted by molar-refractivity contribution is 5.96. The lowest BCUT2D eigenvalue weighted by Crippen LogP contribution is -2.02. The van der Waals surface area contributed by atoms with Gasteiger partial charge in [0.25, 0.3) is 0 Å². The van der Waals surface area contributed by atoms with Gasteiger partial charge in [0, 0.05) is 12.0 Å². The molecule has 0 amide bonds. The van der Waals surface area contributed by atoms with Crippen molar-refractivity contribution in [2.75, 3.05) is 7.11 Å². The molecule has 0 aliphatic carbocycles. The van der Waals surface area contributed by atoms with Crippen molar-refractivity contribution in [2.24, 2.45) is 0 Å². The number of methoxy groups -OCH3 is 1. The van der Waals surface area contributed by atoms with Crippen molar-refractivity contribution in [3.05, 3.63) is 65.0 Å². The molecule has 0 aliphatic heterocycles. The van der Waals surface area contributed by atoms with Crippen LogP contribution in [0, 0.1) is 17.5 Å². The lowest BCUT2D eigenvalue weighted by atomic mass is 10.0. The van der Waals surface area contributed by atoms with Gasteiger partial charge in [-0.3, -0.25) is 4.79 Å². The lowest BCUT2D eigenvalue weighted by molar-refractivity contribution is 0.0982. The Morgan fingerprint density at radius 2 is 1.62 bits per heavy atom. The normalized spacial score (nSPS) is 10.5. The van der Waals surface area contributed by atoms with Crippen LogP contribution in [0.3, 0.4) is 0 Å². The number of ketones is 1. The van der Waals surface area contributed by atoms with Crippen molar-refractivity contribution in [1.82, 2.24) is 0 Å². The molecule has 2 aromatic rings. The minimum atomic E-state index is -1.50. The van der Waals surface area contributed by atoms with E-state index in [1.54, 1.807) is 24.3 Å². The summed E-state index contributed by atoms with van der Waals surface area (Å²) in [6, 6.07) is 8.36. The van der Waals surface area contributed by atoms with Crippen molar-refractivity contribution < 1.29 is 22.7 Å². The summed E-state index contributed by atoms with van der Waals surface area (Å²) in [7, 11) is 1.52. The molecule has 110 valence electrons. The summed E-state index contributed by atoms with van der Waals surface area (Å²) in [5, 5.41) is 0. The number of aryl methyl sites for hydroxylation is 1. The van der Waals surface area contributed by atoms with Crippen molar-refractivity contribution in [1.29, 1.82) is 0 Å². The number of ether oxygens (including phenoxy) is 1. The van der Waals surface area contributed by atoms with Crippen LogP contribution in [-0.4, -0.2) is 12.9 Å². The van der Waals surface area contributed by atoms with Crippen molar-refractivity contribution >= 4 is 5.78 Å². The highest BCUT2D eigenvalue weighted by atomic mass is 19.2. The Morgan fingerprint density at radius 1 is 1.05 bits per heavy atom. The fourth-order valence-electron chi connectivity index (χ4n) is 1.93. The molecule has 0 radical (unpaired) electrons. The average molecular weight is 294 g/mol. The molecule has 2 aromatic carbocycles. The van der Waals surface area contributed by atoms with Crippen LogP contribution < -0.4 is 4.74 Å². The van der Waals surface area contributed by atoms with Crippen LogP contribution in [0.4, 0.5) is 13.2 Å². The van der Waals surface area contributed by atoms with E-state index in [0.29, 0.717) is 11.3 Å². The van der Waals surface area contributed by atoms with E-state index in [1.165, 1.54) is 7.11 Å². The number of rotatable bonds is 5. The molecule has 0 unspecified atom stereocenters. The summed E-state index contributed by atoms with van der Waals surface area (Å²) < 4.78 is 43.9. The van der Waals surface area contributed by atoms with E-state index in [4.69, 9.17) is 4.74 Å². The van der Waals surface area contributed by atoms with E-state index < -0.39 is 17.5 Å². The first-order valence-corrected chi connectivity index (χ1v) is 6.32. The summed E-state index contributed by atoms with van der Waals surface area (Å²) in [5.41, 5.74) is 0.729. The maximum Gasteiger partial charge on any atom is 0.194 e. The largest absolute Gasteiger partial charge is 0.497 e. The number of carbonyl (C=O) groups is 1. The molecule has 2 nitrogen and oxygen atoms in total. The number of benzene rings is 2. The molecule has 0 atom stereocenters. The highest BCUT2D eigenvalue weighted by Gasteiger charge is 2.12. The smallest absolute Gasteiger partial charge is 0.194 e. The van der Waals surface area contributed by atoms with Gasteiger partial charge in [0.15, 0.2) is 23.2 Å². The van der Waals surface area contributed by atoms with Gasteiger partial charge in [-0.1, -0.05) is 0 Å². The first-order chi connectivity index (χ1) is 10.0. The molecule has 0 saturated carbocycles. The minimum absolute atomic E-state index is 0.0802. The van der Waals surface area contributed by atoms with Gasteiger partial charge in [0.2, 0.25) is 0 Å². The minimum Gasteiger partial charge on any atom is -0.497 e. The Labute approximate surface area is 120 Å². The Balaban J connectivity index is 2.03. The summed E-state index contributed by atoms with van der Waals surface area (Å²) in [6.45, 7) is 0. The fraction of sp³-hybridized carbons (Fsp3) is 0.188. The molecule has 0 saturated heterocycles. The molecule has 0 bridgehead atoms. The Bertz CT molecular complexity index is 628. The molecular formula is C16H13F3O2. The monoisotopic (exact) mass is 294 g/mol. The highest BCUT2D eigenvalue weighted by Crippen LogP contribution is 2.17. The van der Waals surface area contributed by atoms with Crippen LogP contribution in [-0.2, 0) is 6.42 Å². The first kappa shape index (κ1) is 15.1. The summed E-state index contributed by atoms with van der Waals surface area (Å²) >= 11 is 0. The van der Waals surface area contributed by atoms with Gasteiger partial charge in [0.1, 0.15) is 5.75 Å². The van der Waals surface area contributed by atoms with Crippen molar-refractivity contribution in [2.45, 2.75) is 12.8 Å². The second-order valence-electron chi connectivity index (χ2n) is 4.53. The zero-order valence-electron chi connectivity index (χ0n) is 11.3. The third-order valence-corrected chi connectivity index (χ3v) is 3.10. The standard InChI is InChI=1S/C16H13F3O2/c1-21-12-5-3-11(4-6-12)15(20)7-2-10-8-13(17)16(19)14(18)9-10/h3-6,8-9H,2,7H2,1H3. The lowest BCUT2D eigenvalue weighted by Gasteiger charge is -2.05. The Morgan fingerprint density at radius 3 is 2.14 bits per heavy atom. The number of carbonyl (C=O) groups excluding carboxylic acids is 1. The van der Waals surface area contributed by atoms with Gasteiger partial charge < -0.3 is 4.74 Å². The van der Waals surface area contributed by atoms with E-state index in [-0.39, 0.29) is 24.2 Å². The zero-order valence-corrected chi connectivity index (χ0v) is 11.3. The number of Topliss-reactive ketones (excluding diaryl/α,β-unsaturated/α-hetero) is 1. The Kier molecular flexibility index (Phi) is 4.62. The molecular weight excluding hydrogens is 281 g/mol. The van der Waals surface area contributed by atoms with Crippen molar-refractivity contribution in [3.8, 4) is 5.75 Å². The molecule has 0 heterocycles.